The highest BCUT2D eigenvalue weighted by atomic mass is 16.6. The van der Waals surface area contributed by atoms with Crippen molar-refractivity contribution in [3.63, 3.8) is 0 Å². The number of benzene rings is 1. The van der Waals surface area contributed by atoms with Gasteiger partial charge in [-0.1, -0.05) is 13.8 Å². The first-order valence-corrected chi connectivity index (χ1v) is 5.08. The summed E-state index contributed by atoms with van der Waals surface area (Å²) < 4.78 is 0. The van der Waals surface area contributed by atoms with Gasteiger partial charge in [-0.2, -0.15) is 0 Å². The van der Waals surface area contributed by atoms with Gasteiger partial charge in [-0.15, -0.1) is 0 Å². The van der Waals surface area contributed by atoms with Crippen molar-refractivity contribution in [1.82, 2.24) is 0 Å². The van der Waals surface area contributed by atoms with Crippen LogP contribution in [0.1, 0.15) is 25.3 Å². The number of nitro benzene ring substituents is 1. The predicted molar refractivity (Wildman–Crippen MR) is 59.3 cm³/mol. The van der Waals surface area contributed by atoms with E-state index in [0.29, 0.717) is 5.56 Å². The number of phenolic OH excluding ortho intramolecular Hbond substituents is 1. The summed E-state index contributed by atoms with van der Waals surface area (Å²) in [7, 11) is 0. The minimum absolute atomic E-state index is 0.0313. The van der Waals surface area contributed by atoms with Crippen molar-refractivity contribution in [3.05, 3.63) is 33.9 Å². The molecule has 0 aliphatic heterocycles. The van der Waals surface area contributed by atoms with Gasteiger partial charge < -0.3 is 10.8 Å². The van der Waals surface area contributed by atoms with Crippen molar-refractivity contribution >= 4 is 5.69 Å². The quantitative estimate of drug-likeness (QED) is 0.589. The molecule has 1 fully saturated rings. The van der Waals surface area contributed by atoms with E-state index in [0.717, 1.165) is 0 Å². The van der Waals surface area contributed by atoms with Gasteiger partial charge in [0.1, 0.15) is 5.75 Å². The Bertz CT molecular complexity index is 457. The van der Waals surface area contributed by atoms with Crippen LogP contribution in [0.4, 0.5) is 5.69 Å². The number of hydrogen-bond donors (Lipinski definition) is 2. The third kappa shape index (κ3) is 1.44. The first-order valence-electron chi connectivity index (χ1n) is 5.08. The zero-order valence-corrected chi connectivity index (χ0v) is 9.18. The molecule has 2 atom stereocenters. The average molecular weight is 222 g/mol. The van der Waals surface area contributed by atoms with Crippen molar-refractivity contribution in [2.75, 3.05) is 0 Å². The normalized spacial score (nSPS) is 26.4. The highest BCUT2D eigenvalue weighted by Gasteiger charge is 2.58. The molecule has 16 heavy (non-hydrogen) atoms. The third-order valence-corrected chi connectivity index (χ3v) is 3.45. The highest BCUT2D eigenvalue weighted by Crippen LogP contribution is 2.59. The topological polar surface area (TPSA) is 89.4 Å². The second kappa shape index (κ2) is 3.18. The van der Waals surface area contributed by atoms with Crippen LogP contribution in [0.3, 0.4) is 0 Å². The van der Waals surface area contributed by atoms with E-state index >= 15 is 0 Å². The van der Waals surface area contributed by atoms with E-state index in [4.69, 9.17) is 5.73 Å². The summed E-state index contributed by atoms with van der Waals surface area (Å²) >= 11 is 0. The van der Waals surface area contributed by atoms with E-state index in [1.165, 1.54) is 18.2 Å². The Morgan fingerprint density at radius 1 is 1.50 bits per heavy atom. The molecule has 0 radical (unpaired) electrons. The smallest absolute Gasteiger partial charge is 0.273 e. The van der Waals surface area contributed by atoms with Gasteiger partial charge in [0.05, 0.1) is 4.92 Å². The number of rotatable bonds is 2. The van der Waals surface area contributed by atoms with Crippen LogP contribution < -0.4 is 5.73 Å². The standard InChI is InChI=1S/C11H14N2O3/c1-11(2)9(10(11)12)7-5-6(14)3-4-8(7)13(15)16/h3-5,9-10,14H,12H2,1-2H3/t9-,10-/m0/s1. The van der Waals surface area contributed by atoms with Gasteiger partial charge in [-0.05, 0) is 17.5 Å². The SMILES string of the molecule is CC1(C)[C@@H](N)[C@@H]1c1cc(O)ccc1[N+](=O)[O-]. The molecule has 0 unspecified atom stereocenters. The summed E-state index contributed by atoms with van der Waals surface area (Å²) in [4.78, 5) is 10.4. The van der Waals surface area contributed by atoms with Gasteiger partial charge in [0.2, 0.25) is 0 Å². The first kappa shape index (κ1) is 10.9. The molecule has 1 saturated carbocycles. The molecule has 0 saturated heterocycles. The first-order chi connectivity index (χ1) is 7.35. The Hall–Kier alpha value is -1.62. The molecule has 1 aromatic carbocycles. The summed E-state index contributed by atoms with van der Waals surface area (Å²) in [5.41, 5.74) is 6.31. The molecule has 0 heterocycles. The number of nitro groups is 1. The van der Waals surface area contributed by atoms with Gasteiger partial charge in [-0.3, -0.25) is 10.1 Å². The molecule has 2 rings (SSSR count). The maximum absolute atomic E-state index is 10.9. The fraction of sp³-hybridized carbons (Fsp3) is 0.455. The van der Waals surface area contributed by atoms with Crippen molar-refractivity contribution in [1.29, 1.82) is 0 Å². The van der Waals surface area contributed by atoms with E-state index in [9.17, 15) is 15.2 Å². The number of phenols is 1. The fourth-order valence-electron chi connectivity index (χ4n) is 2.23. The third-order valence-electron chi connectivity index (χ3n) is 3.45. The Labute approximate surface area is 93.0 Å². The molecular weight excluding hydrogens is 208 g/mol. The van der Waals surface area contributed by atoms with Crippen molar-refractivity contribution in [3.8, 4) is 5.75 Å². The molecule has 0 bridgehead atoms. The summed E-state index contributed by atoms with van der Waals surface area (Å²) in [6.45, 7) is 3.94. The zero-order chi connectivity index (χ0) is 12.1. The lowest BCUT2D eigenvalue weighted by Crippen LogP contribution is -2.06. The van der Waals surface area contributed by atoms with Crippen LogP contribution in [0.5, 0.6) is 5.75 Å². The lowest BCUT2D eigenvalue weighted by molar-refractivity contribution is -0.385. The van der Waals surface area contributed by atoms with E-state index in [-0.39, 0.29) is 28.8 Å². The van der Waals surface area contributed by atoms with Gasteiger partial charge in [0, 0.05) is 23.6 Å². The van der Waals surface area contributed by atoms with Crippen LogP contribution in [0.25, 0.3) is 0 Å². The summed E-state index contributed by atoms with van der Waals surface area (Å²) in [5.74, 6) is -0.0181. The fourth-order valence-corrected chi connectivity index (χ4v) is 2.23. The number of hydrogen-bond acceptors (Lipinski definition) is 4. The maximum atomic E-state index is 10.9. The summed E-state index contributed by atoms with van der Waals surface area (Å²) in [6.07, 6.45) is 0. The van der Waals surface area contributed by atoms with Gasteiger partial charge in [-0.25, -0.2) is 0 Å². The molecule has 0 aromatic heterocycles. The van der Waals surface area contributed by atoms with Gasteiger partial charge in [0.15, 0.2) is 0 Å². The molecule has 86 valence electrons. The van der Waals surface area contributed by atoms with Crippen LogP contribution in [0.2, 0.25) is 0 Å². The molecule has 0 spiro atoms. The van der Waals surface area contributed by atoms with E-state index in [2.05, 4.69) is 0 Å². The van der Waals surface area contributed by atoms with Crippen LogP contribution in [0, 0.1) is 15.5 Å². The van der Waals surface area contributed by atoms with Crippen LogP contribution >= 0.6 is 0 Å². The van der Waals surface area contributed by atoms with Crippen molar-refractivity contribution in [2.45, 2.75) is 25.8 Å². The Morgan fingerprint density at radius 2 is 2.06 bits per heavy atom. The zero-order valence-electron chi connectivity index (χ0n) is 9.18. The van der Waals surface area contributed by atoms with E-state index in [1.54, 1.807) is 0 Å². The molecule has 5 nitrogen and oxygen atoms in total. The van der Waals surface area contributed by atoms with E-state index < -0.39 is 4.92 Å². The molecule has 1 aliphatic carbocycles. The molecule has 1 aromatic rings. The van der Waals surface area contributed by atoms with Crippen LogP contribution in [0.15, 0.2) is 18.2 Å². The second-order valence-electron chi connectivity index (χ2n) is 4.83. The Morgan fingerprint density at radius 3 is 2.50 bits per heavy atom. The number of nitrogens with two attached hydrogens (primary N) is 1. The number of nitrogens with zero attached hydrogens (tertiary/aromatic N) is 1. The highest BCUT2D eigenvalue weighted by molar-refractivity contribution is 5.51. The predicted octanol–water partition coefficient (Wildman–Crippen LogP) is 1.75. The lowest BCUT2D eigenvalue weighted by atomic mass is 10.0. The number of aromatic hydroxyl groups is 1. The maximum Gasteiger partial charge on any atom is 0.273 e. The van der Waals surface area contributed by atoms with E-state index in [1.807, 2.05) is 13.8 Å². The van der Waals surface area contributed by atoms with Crippen molar-refractivity contribution < 1.29 is 10.0 Å². The largest absolute Gasteiger partial charge is 0.508 e. The molecule has 0 amide bonds. The monoisotopic (exact) mass is 222 g/mol. The Kier molecular flexibility index (Phi) is 2.17. The molecule has 1 aliphatic rings. The van der Waals surface area contributed by atoms with Crippen LogP contribution in [-0.2, 0) is 0 Å². The average Bonchev–Trinajstić information content (AvgIpc) is 2.65. The molecular formula is C11H14N2O3. The van der Waals surface area contributed by atoms with Gasteiger partial charge >= 0.3 is 0 Å². The summed E-state index contributed by atoms with van der Waals surface area (Å²) in [6, 6.07) is 4.00. The van der Waals surface area contributed by atoms with Crippen LogP contribution in [-0.4, -0.2) is 16.1 Å². The minimum atomic E-state index is -0.435. The second-order valence-corrected chi connectivity index (χ2v) is 4.83. The lowest BCUT2D eigenvalue weighted by Gasteiger charge is -2.04. The van der Waals surface area contributed by atoms with Gasteiger partial charge in [0.25, 0.3) is 5.69 Å². The summed E-state index contributed by atoms with van der Waals surface area (Å²) in [5, 5.41) is 20.3. The Balaban J connectivity index is 2.48. The minimum Gasteiger partial charge on any atom is -0.508 e. The van der Waals surface area contributed by atoms with Crippen molar-refractivity contribution in [2.24, 2.45) is 11.1 Å². The molecule has 5 heteroatoms. The molecule has 3 N–H and O–H groups in total.